The van der Waals surface area contributed by atoms with E-state index in [-0.39, 0.29) is 6.10 Å². The zero-order valence-electron chi connectivity index (χ0n) is 8.16. The second-order valence-corrected chi connectivity index (χ2v) is 2.86. The molecule has 0 saturated heterocycles. The second kappa shape index (κ2) is 5.54. The fourth-order valence-electron chi connectivity index (χ4n) is 1.06. The van der Waals surface area contributed by atoms with Gasteiger partial charge in [-0.05, 0) is 26.0 Å². The number of nitrogens with zero attached hydrogens (tertiary/aromatic N) is 1. The molecule has 0 radical (unpaired) electrons. The van der Waals surface area contributed by atoms with Gasteiger partial charge >= 0.3 is 0 Å². The van der Waals surface area contributed by atoms with Crippen molar-refractivity contribution in [2.45, 2.75) is 20.0 Å². The summed E-state index contributed by atoms with van der Waals surface area (Å²) >= 11 is 0. The molecule has 1 aromatic rings. The molecule has 72 valence electrons. The number of hydrogen-bond donors (Lipinski definition) is 1. The van der Waals surface area contributed by atoms with Gasteiger partial charge in [0.2, 0.25) is 0 Å². The van der Waals surface area contributed by atoms with Gasteiger partial charge in [-0.15, -0.1) is 0 Å². The minimum atomic E-state index is 0.229. The van der Waals surface area contributed by atoms with E-state index in [1.165, 1.54) is 0 Å². The summed E-state index contributed by atoms with van der Waals surface area (Å²) in [5.41, 5.74) is 0. The Kier molecular flexibility index (Phi) is 4.26. The molecule has 3 heteroatoms. The van der Waals surface area contributed by atoms with Crippen LogP contribution >= 0.6 is 0 Å². The Bertz CT molecular complexity index is 226. The molecule has 1 unspecified atom stereocenters. The SMILES string of the molecule is CCOC(C)CNc1ccccn1. The summed E-state index contributed by atoms with van der Waals surface area (Å²) in [4.78, 5) is 4.14. The maximum atomic E-state index is 5.37. The van der Waals surface area contributed by atoms with Crippen LogP contribution in [-0.4, -0.2) is 24.2 Å². The number of ether oxygens (including phenoxy) is 1. The van der Waals surface area contributed by atoms with Crippen LogP contribution in [0.4, 0.5) is 5.82 Å². The molecule has 1 rings (SSSR count). The zero-order chi connectivity index (χ0) is 9.52. The molecule has 1 aromatic heterocycles. The van der Waals surface area contributed by atoms with Crippen LogP contribution < -0.4 is 5.32 Å². The minimum absolute atomic E-state index is 0.229. The summed E-state index contributed by atoms with van der Waals surface area (Å²) in [7, 11) is 0. The van der Waals surface area contributed by atoms with Crippen LogP contribution in [0.3, 0.4) is 0 Å². The normalized spacial score (nSPS) is 12.5. The lowest BCUT2D eigenvalue weighted by molar-refractivity contribution is 0.0855. The van der Waals surface area contributed by atoms with Gasteiger partial charge in [0, 0.05) is 19.3 Å². The van der Waals surface area contributed by atoms with Crippen LogP contribution in [0.5, 0.6) is 0 Å². The summed E-state index contributed by atoms with van der Waals surface area (Å²) in [5, 5.41) is 3.19. The average Bonchev–Trinajstić information content (AvgIpc) is 2.17. The molecular formula is C10H16N2O. The highest BCUT2D eigenvalue weighted by Gasteiger charge is 1.99. The third kappa shape index (κ3) is 3.90. The van der Waals surface area contributed by atoms with Gasteiger partial charge in [-0.1, -0.05) is 6.07 Å². The van der Waals surface area contributed by atoms with E-state index < -0.39 is 0 Å². The zero-order valence-corrected chi connectivity index (χ0v) is 8.16. The number of aromatic nitrogens is 1. The molecule has 0 aromatic carbocycles. The van der Waals surface area contributed by atoms with Crippen LogP contribution in [0.25, 0.3) is 0 Å². The van der Waals surface area contributed by atoms with Gasteiger partial charge < -0.3 is 10.1 Å². The molecule has 0 saturated carbocycles. The van der Waals surface area contributed by atoms with Crippen molar-refractivity contribution in [2.24, 2.45) is 0 Å². The first kappa shape index (κ1) is 9.99. The number of pyridine rings is 1. The van der Waals surface area contributed by atoms with Crippen LogP contribution in [0, 0.1) is 0 Å². The fraction of sp³-hybridized carbons (Fsp3) is 0.500. The van der Waals surface area contributed by atoms with Gasteiger partial charge in [-0.3, -0.25) is 0 Å². The van der Waals surface area contributed by atoms with E-state index in [0.717, 1.165) is 19.0 Å². The monoisotopic (exact) mass is 180 g/mol. The van der Waals surface area contributed by atoms with Crippen LogP contribution in [0.1, 0.15) is 13.8 Å². The minimum Gasteiger partial charge on any atom is -0.377 e. The summed E-state index contributed by atoms with van der Waals surface area (Å²) in [6.07, 6.45) is 2.00. The summed E-state index contributed by atoms with van der Waals surface area (Å²) in [5.74, 6) is 0.897. The molecule has 0 spiro atoms. The highest BCUT2D eigenvalue weighted by atomic mass is 16.5. The van der Waals surface area contributed by atoms with Crippen molar-refractivity contribution in [3.63, 3.8) is 0 Å². The van der Waals surface area contributed by atoms with E-state index in [1.54, 1.807) is 6.20 Å². The molecule has 0 aliphatic heterocycles. The third-order valence-corrected chi connectivity index (χ3v) is 1.69. The number of anilines is 1. The Balaban J connectivity index is 2.27. The van der Waals surface area contributed by atoms with Gasteiger partial charge in [0.1, 0.15) is 5.82 Å². The Hall–Kier alpha value is -1.09. The van der Waals surface area contributed by atoms with Gasteiger partial charge in [0.25, 0.3) is 0 Å². The first-order valence-corrected chi connectivity index (χ1v) is 4.59. The van der Waals surface area contributed by atoms with Crippen molar-refractivity contribution in [3.8, 4) is 0 Å². The quantitative estimate of drug-likeness (QED) is 0.751. The summed E-state index contributed by atoms with van der Waals surface area (Å²) in [6.45, 7) is 5.59. The largest absolute Gasteiger partial charge is 0.377 e. The molecule has 13 heavy (non-hydrogen) atoms. The summed E-state index contributed by atoms with van der Waals surface area (Å²) < 4.78 is 5.37. The highest BCUT2D eigenvalue weighted by Crippen LogP contribution is 2.00. The number of rotatable bonds is 5. The third-order valence-electron chi connectivity index (χ3n) is 1.69. The second-order valence-electron chi connectivity index (χ2n) is 2.86. The first-order valence-electron chi connectivity index (χ1n) is 4.59. The Labute approximate surface area is 79.1 Å². The number of hydrogen-bond acceptors (Lipinski definition) is 3. The fourth-order valence-corrected chi connectivity index (χ4v) is 1.06. The van der Waals surface area contributed by atoms with E-state index >= 15 is 0 Å². The lowest BCUT2D eigenvalue weighted by Gasteiger charge is -2.12. The topological polar surface area (TPSA) is 34.1 Å². The lowest BCUT2D eigenvalue weighted by Crippen LogP contribution is -2.20. The van der Waals surface area contributed by atoms with E-state index in [1.807, 2.05) is 32.0 Å². The van der Waals surface area contributed by atoms with Gasteiger partial charge in [0.15, 0.2) is 0 Å². The predicted octanol–water partition coefficient (Wildman–Crippen LogP) is 1.92. The van der Waals surface area contributed by atoms with E-state index in [2.05, 4.69) is 10.3 Å². The molecule has 1 heterocycles. The molecule has 0 aliphatic rings. The average molecular weight is 180 g/mol. The highest BCUT2D eigenvalue weighted by molar-refractivity contribution is 5.32. The van der Waals surface area contributed by atoms with Gasteiger partial charge in [-0.25, -0.2) is 4.98 Å². The van der Waals surface area contributed by atoms with Crippen molar-refractivity contribution < 1.29 is 4.74 Å². The molecule has 1 N–H and O–H groups in total. The van der Waals surface area contributed by atoms with Crippen molar-refractivity contribution in [1.29, 1.82) is 0 Å². The van der Waals surface area contributed by atoms with Crippen LogP contribution in [0.15, 0.2) is 24.4 Å². The summed E-state index contributed by atoms with van der Waals surface area (Å²) in [6, 6.07) is 5.80. The van der Waals surface area contributed by atoms with Crippen LogP contribution in [0.2, 0.25) is 0 Å². The van der Waals surface area contributed by atoms with E-state index in [4.69, 9.17) is 4.74 Å². The maximum absolute atomic E-state index is 5.37. The molecular weight excluding hydrogens is 164 g/mol. The maximum Gasteiger partial charge on any atom is 0.125 e. The predicted molar refractivity (Wildman–Crippen MR) is 53.8 cm³/mol. The van der Waals surface area contributed by atoms with Crippen molar-refractivity contribution >= 4 is 5.82 Å². The molecule has 0 aliphatic carbocycles. The number of nitrogens with one attached hydrogen (secondary N) is 1. The smallest absolute Gasteiger partial charge is 0.125 e. The van der Waals surface area contributed by atoms with Crippen molar-refractivity contribution in [2.75, 3.05) is 18.5 Å². The Morgan fingerprint density at radius 3 is 3.00 bits per heavy atom. The van der Waals surface area contributed by atoms with Gasteiger partial charge in [0.05, 0.1) is 6.10 Å². The molecule has 0 fully saturated rings. The standard InChI is InChI=1S/C10H16N2O/c1-3-13-9(2)8-12-10-6-4-5-7-11-10/h4-7,9H,3,8H2,1-2H3,(H,11,12). The molecule has 3 nitrogen and oxygen atoms in total. The molecule has 1 atom stereocenters. The Morgan fingerprint density at radius 2 is 2.38 bits per heavy atom. The Morgan fingerprint density at radius 1 is 1.54 bits per heavy atom. The van der Waals surface area contributed by atoms with Crippen LogP contribution in [-0.2, 0) is 4.74 Å². The van der Waals surface area contributed by atoms with Crippen molar-refractivity contribution in [1.82, 2.24) is 4.98 Å². The first-order chi connectivity index (χ1) is 6.33. The molecule has 0 amide bonds. The lowest BCUT2D eigenvalue weighted by atomic mass is 10.4. The van der Waals surface area contributed by atoms with E-state index in [9.17, 15) is 0 Å². The van der Waals surface area contributed by atoms with Gasteiger partial charge in [-0.2, -0.15) is 0 Å². The van der Waals surface area contributed by atoms with E-state index in [0.29, 0.717) is 0 Å². The molecule has 0 bridgehead atoms. The van der Waals surface area contributed by atoms with Crippen molar-refractivity contribution in [3.05, 3.63) is 24.4 Å².